The molecule has 172 valence electrons. The summed E-state index contributed by atoms with van der Waals surface area (Å²) in [6.45, 7) is 1.76. The quantitative estimate of drug-likeness (QED) is 0.153. The molecule has 4 aromatic rings. The van der Waals surface area contributed by atoms with E-state index in [1.54, 1.807) is 25.1 Å². The molecule has 1 amide bonds. The van der Waals surface area contributed by atoms with Crippen molar-refractivity contribution in [3.05, 3.63) is 92.9 Å². The van der Waals surface area contributed by atoms with Gasteiger partial charge in [-0.25, -0.2) is 5.43 Å². The van der Waals surface area contributed by atoms with E-state index < -0.39 is 0 Å². The summed E-state index contributed by atoms with van der Waals surface area (Å²) in [5, 5.41) is 14.5. The Morgan fingerprint density at radius 2 is 1.79 bits per heavy atom. The van der Waals surface area contributed by atoms with Gasteiger partial charge in [-0.1, -0.05) is 87.3 Å². The maximum Gasteiger partial charge on any atom is 0.250 e. The van der Waals surface area contributed by atoms with Crippen LogP contribution >= 0.6 is 50.9 Å². The van der Waals surface area contributed by atoms with Crippen LogP contribution in [0.25, 0.3) is 17.1 Å². The molecule has 0 aliphatic carbocycles. The van der Waals surface area contributed by atoms with Crippen LogP contribution in [0.15, 0.2) is 87.5 Å². The van der Waals surface area contributed by atoms with Crippen molar-refractivity contribution in [1.82, 2.24) is 20.2 Å². The van der Waals surface area contributed by atoms with Crippen molar-refractivity contribution in [3.8, 4) is 17.1 Å². The number of rotatable bonds is 7. The van der Waals surface area contributed by atoms with Crippen molar-refractivity contribution in [2.24, 2.45) is 5.10 Å². The van der Waals surface area contributed by atoms with Crippen molar-refractivity contribution in [3.63, 3.8) is 0 Å². The van der Waals surface area contributed by atoms with Crippen LogP contribution in [0, 0.1) is 0 Å². The average molecular weight is 575 g/mol. The first-order valence-corrected chi connectivity index (χ1v) is 12.6. The van der Waals surface area contributed by atoms with Crippen molar-refractivity contribution in [1.29, 1.82) is 0 Å². The lowest BCUT2D eigenvalue weighted by Gasteiger charge is -2.10. The van der Waals surface area contributed by atoms with Gasteiger partial charge in [0, 0.05) is 26.3 Å². The van der Waals surface area contributed by atoms with E-state index in [2.05, 4.69) is 36.7 Å². The minimum Gasteiger partial charge on any atom is -0.272 e. The van der Waals surface area contributed by atoms with Gasteiger partial charge in [0.05, 0.1) is 16.5 Å². The number of carbonyl (C=O) groups excluding carboxylic acids is 1. The number of thioether (sulfide) groups is 1. The Kier molecular flexibility index (Phi) is 8.05. The van der Waals surface area contributed by atoms with E-state index in [-0.39, 0.29) is 11.7 Å². The summed E-state index contributed by atoms with van der Waals surface area (Å²) in [5.41, 5.74) is 5.66. The molecule has 1 heterocycles. The Morgan fingerprint density at radius 1 is 1.06 bits per heavy atom. The summed E-state index contributed by atoms with van der Waals surface area (Å²) < 4.78 is 2.91. The highest BCUT2D eigenvalue weighted by atomic mass is 79.9. The zero-order chi connectivity index (χ0) is 24.1. The minimum absolute atomic E-state index is 0.108. The van der Waals surface area contributed by atoms with Crippen molar-refractivity contribution in [2.45, 2.75) is 12.1 Å². The normalized spacial score (nSPS) is 11.5. The molecule has 0 atom stereocenters. The fraction of sp³-hybridized carbons (Fsp3) is 0.0833. The second kappa shape index (κ2) is 11.2. The first-order chi connectivity index (χ1) is 16.4. The number of hydrogen-bond acceptors (Lipinski definition) is 5. The Hall–Kier alpha value is -2.65. The summed E-state index contributed by atoms with van der Waals surface area (Å²) in [4.78, 5) is 12.5. The smallest absolute Gasteiger partial charge is 0.250 e. The fourth-order valence-electron chi connectivity index (χ4n) is 3.11. The number of hydrogen-bond donors (Lipinski definition) is 1. The molecule has 3 aromatic carbocycles. The van der Waals surface area contributed by atoms with Gasteiger partial charge >= 0.3 is 0 Å². The lowest BCUT2D eigenvalue weighted by Crippen LogP contribution is -2.21. The van der Waals surface area contributed by atoms with E-state index in [0.717, 1.165) is 15.7 Å². The molecule has 0 fully saturated rings. The van der Waals surface area contributed by atoms with Gasteiger partial charge in [-0.05, 0) is 43.3 Å². The zero-order valence-corrected chi connectivity index (χ0v) is 21.8. The molecule has 0 unspecified atom stereocenters. The van der Waals surface area contributed by atoms with Gasteiger partial charge in [-0.2, -0.15) is 5.10 Å². The van der Waals surface area contributed by atoms with Crippen LogP contribution in [0.5, 0.6) is 0 Å². The Bertz CT molecular complexity index is 1340. The number of nitrogens with one attached hydrogen (secondary N) is 1. The van der Waals surface area contributed by atoms with Crippen LogP contribution in [0.3, 0.4) is 0 Å². The number of aromatic nitrogens is 3. The average Bonchev–Trinajstić information content (AvgIpc) is 3.26. The predicted octanol–water partition coefficient (Wildman–Crippen LogP) is 6.64. The van der Waals surface area contributed by atoms with Crippen LogP contribution in [0.4, 0.5) is 0 Å². The van der Waals surface area contributed by atoms with E-state index in [0.29, 0.717) is 32.3 Å². The molecule has 1 N–H and O–H groups in total. The molecular formula is C24H18BrCl2N5OS. The highest BCUT2D eigenvalue weighted by Gasteiger charge is 2.17. The topological polar surface area (TPSA) is 72.2 Å². The van der Waals surface area contributed by atoms with E-state index in [1.807, 2.05) is 59.2 Å². The Labute approximate surface area is 219 Å². The monoisotopic (exact) mass is 573 g/mol. The van der Waals surface area contributed by atoms with Gasteiger partial charge in [0.1, 0.15) is 0 Å². The molecule has 0 saturated heterocycles. The van der Waals surface area contributed by atoms with Crippen LogP contribution in [-0.4, -0.2) is 32.1 Å². The number of carbonyl (C=O) groups is 1. The lowest BCUT2D eigenvalue weighted by molar-refractivity contribution is -0.118. The highest BCUT2D eigenvalue weighted by molar-refractivity contribution is 9.10. The second-order valence-electron chi connectivity index (χ2n) is 7.13. The van der Waals surface area contributed by atoms with Gasteiger partial charge < -0.3 is 0 Å². The summed E-state index contributed by atoms with van der Waals surface area (Å²) in [6, 6.07) is 22.7. The molecule has 10 heteroatoms. The molecule has 0 aliphatic rings. The number of hydrazone groups is 1. The second-order valence-corrected chi connectivity index (χ2v) is 9.83. The summed E-state index contributed by atoms with van der Waals surface area (Å²) in [5.74, 6) is 0.520. The van der Waals surface area contributed by atoms with Gasteiger partial charge in [0.2, 0.25) is 0 Å². The summed E-state index contributed by atoms with van der Waals surface area (Å²) >= 11 is 16.9. The number of amides is 1. The molecule has 0 spiro atoms. The molecule has 0 aliphatic heterocycles. The molecular weight excluding hydrogens is 557 g/mol. The van der Waals surface area contributed by atoms with Crippen molar-refractivity contribution >= 4 is 62.5 Å². The maximum atomic E-state index is 12.5. The van der Waals surface area contributed by atoms with E-state index >= 15 is 0 Å². The molecule has 34 heavy (non-hydrogen) atoms. The molecule has 1 aromatic heterocycles. The third-order valence-electron chi connectivity index (χ3n) is 4.75. The molecule has 0 radical (unpaired) electrons. The van der Waals surface area contributed by atoms with Crippen LogP contribution < -0.4 is 5.43 Å². The van der Waals surface area contributed by atoms with E-state index in [9.17, 15) is 4.79 Å². The van der Waals surface area contributed by atoms with Crippen molar-refractivity contribution in [2.75, 3.05) is 5.75 Å². The van der Waals surface area contributed by atoms with Crippen LogP contribution in [0.1, 0.15) is 12.5 Å². The maximum absolute atomic E-state index is 12.5. The number of benzene rings is 3. The van der Waals surface area contributed by atoms with Crippen molar-refractivity contribution < 1.29 is 4.79 Å². The highest BCUT2D eigenvalue weighted by Crippen LogP contribution is 2.28. The number of nitrogens with zero attached hydrogens (tertiary/aromatic N) is 4. The molecule has 4 rings (SSSR count). The standard InChI is InChI=1S/C24H18BrCl2N5OS/c1-15(20-12-11-18(26)13-21(20)27)28-29-22(33)14-34-24-31-30-23(16-7-9-17(25)10-8-16)32(24)19-5-3-2-4-6-19/h2-13H,14H2,1H3,(H,29,33)/b28-15+. The third-order valence-corrected chi connectivity index (χ3v) is 6.76. The molecule has 0 saturated carbocycles. The van der Waals surface area contributed by atoms with Gasteiger partial charge in [-0.3, -0.25) is 9.36 Å². The summed E-state index contributed by atoms with van der Waals surface area (Å²) in [7, 11) is 0. The fourth-order valence-corrected chi connectivity index (χ4v) is 4.66. The van der Waals surface area contributed by atoms with Crippen LogP contribution in [0.2, 0.25) is 10.0 Å². The van der Waals surface area contributed by atoms with E-state index in [1.165, 1.54) is 11.8 Å². The Balaban J connectivity index is 1.51. The summed E-state index contributed by atoms with van der Waals surface area (Å²) in [6.07, 6.45) is 0. The Morgan fingerprint density at radius 3 is 2.50 bits per heavy atom. The first kappa shape index (κ1) is 24.5. The zero-order valence-electron chi connectivity index (χ0n) is 17.9. The first-order valence-electron chi connectivity index (χ1n) is 10.1. The number of halogens is 3. The largest absolute Gasteiger partial charge is 0.272 e. The predicted molar refractivity (Wildman–Crippen MR) is 142 cm³/mol. The SMILES string of the molecule is C/C(=N\NC(=O)CSc1nnc(-c2ccc(Br)cc2)n1-c1ccccc1)c1ccc(Cl)cc1Cl. The minimum atomic E-state index is -0.276. The third kappa shape index (κ3) is 5.88. The van der Waals surface area contributed by atoms with Gasteiger partial charge in [0.15, 0.2) is 11.0 Å². The van der Waals surface area contributed by atoms with Crippen LogP contribution in [-0.2, 0) is 4.79 Å². The lowest BCUT2D eigenvalue weighted by atomic mass is 10.1. The van der Waals surface area contributed by atoms with Gasteiger partial charge in [0.25, 0.3) is 5.91 Å². The van der Waals surface area contributed by atoms with Gasteiger partial charge in [-0.15, -0.1) is 10.2 Å². The van der Waals surface area contributed by atoms with E-state index in [4.69, 9.17) is 23.2 Å². The molecule has 0 bridgehead atoms. The molecule has 6 nitrogen and oxygen atoms in total. The number of para-hydroxylation sites is 1.